The van der Waals surface area contributed by atoms with Gasteiger partial charge in [-0.3, -0.25) is 9.59 Å². The average molecular weight is 357 g/mol. The molecule has 0 aliphatic rings. The summed E-state index contributed by atoms with van der Waals surface area (Å²) in [6, 6.07) is 6.04. The number of unbranched alkanes of at least 4 members (excludes halogenated alkanes) is 2. The molecule has 5 heteroatoms. The molecule has 0 bridgehead atoms. The first-order valence-corrected chi connectivity index (χ1v) is 8.00. The lowest BCUT2D eigenvalue weighted by molar-refractivity contribution is -0.138. The number of carbonyl (C=O) groups is 2. The summed E-state index contributed by atoms with van der Waals surface area (Å²) in [5, 5.41) is 17.3. The van der Waals surface area contributed by atoms with Gasteiger partial charge in [0.05, 0.1) is 0 Å². The lowest BCUT2D eigenvalue weighted by Gasteiger charge is -2.11. The van der Waals surface area contributed by atoms with E-state index in [1.165, 1.54) is 11.1 Å². The molecule has 0 fully saturated rings. The Hall–Kier alpha value is -1.36. The van der Waals surface area contributed by atoms with Crippen LogP contribution in [-0.2, 0) is 22.4 Å². The molecule has 21 heavy (non-hydrogen) atoms. The Morgan fingerprint density at radius 1 is 0.905 bits per heavy atom. The van der Waals surface area contributed by atoms with Gasteiger partial charge in [-0.25, -0.2) is 0 Å². The molecule has 0 spiro atoms. The smallest absolute Gasteiger partial charge is 0.303 e. The number of aryl methyl sites for hydroxylation is 1. The number of benzene rings is 1. The number of hydrogen-bond donors (Lipinski definition) is 2. The van der Waals surface area contributed by atoms with Crippen LogP contribution in [0.1, 0.15) is 49.7 Å². The van der Waals surface area contributed by atoms with Gasteiger partial charge in [0.25, 0.3) is 0 Å². The van der Waals surface area contributed by atoms with E-state index in [4.69, 9.17) is 10.2 Å². The van der Waals surface area contributed by atoms with Gasteiger partial charge in [0.15, 0.2) is 0 Å². The summed E-state index contributed by atoms with van der Waals surface area (Å²) in [7, 11) is 0. The minimum absolute atomic E-state index is 0.207. The van der Waals surface area contributed by atoms with Crippen LogP contribution in [0.3, 0.4) is 0 Å². The van der Waals surface area contributed by atoms with E-state index < -0.39 is 11.9 Å². The maximum Gasteiger partial charge on any atom is 0.303 e. The molecule has 0 aliphatic carbocycles. The Bertz CT molecular complexity index is 485. The molecule has 4 nitrogen and oxygen atoms in total. The second-order valence-corrected chi connectivity index (χ2v) is 5.93. The third kappa shape index (κ3) is 7.27. The number of halogens is 1. The quantitative estimate of drug-likeness (QED) is 0.620. The second kappa shape index (κ2) is 9.55. The van der Waals surface area contributed by atoms with Crippen LogP contribution >= 0.6 is 15.9 Å². The largest absolute Gasteiger partial charge is 0.481 e. The van der Waals surface area contributed by atoms with Crippen molar-refractivity contribution in [2.75, 3.05) is 0 Å². The molecule has 1 aromatic rings. The summed E-state index contributed by atoms with van der Waals surface area (Å²) < 4.78 is 1.05. The van der Waals surface area contributed by atoms with Crippen LogP contribution < -0.4 is 0 Å². The van der Waals surface area contributed by atoms with Crippen LogP contribution in [0.15, 0.2) is 22.7 Å². The number of carboxylic acid groups (broad SMARTS) is 2. The summed E-state index contributed by atoms with van der Waals surface area (Å²) in [5.41, 5.74) is 2.45. The zero-order valence-electron chi connectivity index (χ0n) is 12.0. The Labute approximate surface area is 133 Å². The van der Waals surface area contributed by atoms with Gasteiger partial charge in [-0.15, -0.1) is 0 Å². The minimum atomic E-state index is -0.754. The van der Waals surface area contributed by atoms with Gasteiger partial charge >= 0.3 is 11.9 Å². The maximum absolute atomic E-state index is 10.5. The van der Waals surface area contributed by atoms with Gasteiger partial charge in [0.1, 0.15) is 0 Å². The van der Waals surface area contributed by atoms with Crippen LogP contribution in [0, 0.1) is 0 Å². The Morgan fingerprint density at radius 2 is 1.48 bits per heavy atom. The van der Waals surface area contributed by atoms with Crippen molar-refractivity contribution in [1.29, 1.82) is 0 Å². The highest BCUT2D eigenvalue weighted by Gasteiger charge is 2.08. The lowest BCUT2D eigenvalue weighted by Crippen LogP contribution is -2.00. The first kappa shape index (κ1) is 17.7. The van der Waals surface area contributed by atoms with E-state index in [-0.39, 0.29) is 12.8 Å². The number of rotatable bonds is 10. The van der Waals surface area contributed by atoms with Crippen LogP contribution in [0.25, 0.3) is 0 Å². The van der Waals surface area contributed by atoms with Crippen molar-refractivity contribution in [3.05, 3.63) is 33.8 Å². The molecule has 1 rings (SSSR count). The molecular weight excluding hydrogens is 336 g/mol. The summed E-state index contributed by atoms with van der Waals surface area (Å²) >= 11 is 3.55. The summed E-state index contributed by atoms with van der Waals surface area (Å²) in [6.07, 6.45) is 5.18. The molecule has 0 heterocycles. The van der Waals surface area contributed by atoms with E-state index >= 15 is 0 Å². The van der Waals surface area contributed by atoms with Crippen molar-refractivity contribution >= 4 is 27.9 Å². The van der Waals surface area contributed by atoms with Crippen LogP contribution in [-0.4, -0.2) is 22.2 Å². The fourth-order valence-electron chi connectivity index (χ4n) is 2.29. The van der Waals surface area contributed by atoms with Gasteiger partial charge in [0, 0.05) is 17.3 Å². The molecule has 0 saturated heterocycles. The van der Waals surface area contributed by atoms with E-state index in [1.54, 1.807) is 0 Å². The van der Waals surface area contributed by atoms with Crippen molar-refractivity contribution in [2.24, 2.45) is 0 Å². The Morgan fingerprint density at radius 3 is 2.05 bits per heavy atom. The standard InChI is InChI=1S/C16H21BrO4/c17-14-9-5-7-12(6-1-3-10-15(18)19)13(14)8-2-4-11-16(20)21/h5,7,9H,1-4,6,8,10-11H2,(H,18,19)(H,20,21). The van der Waals surface area contributed by atoms with Crippen molar-refractivity contribution in [1.82, 2.24) is 0 Å². The SMILES string of the molecule is O=C(O)CCCCc1cccc(Br)c1CCCCC(=O)O. The van der Waals surface area contributed by atoms with Gasteiger partial charge in [-0.05, 0) is 55.7 Å². The summed E-state index contributed by atoms with van der Waals surface area (Å²) in [6.45, 7) is 0. The third-order valence-corrected chi connectivity index (χ3v) is 4.11. The van der Waals surface area contributed by atoms with Crippen molar-refractivity contribution in [3.63, 3.8) is 0 Å². The fraction of sp³-hybridized carbons (Fsp3) is 0.500. The highest BCUT2D eigenvalue weighted by atomic mass is 79.9. The number of hydrogen-bond acceptors (Lipinski definition) is 2. The van der Waals surface area contributed by atoms with Gasteiger partial charge in [-0.2, -0.15) is 0 Å². The van der Waals surface area contributed by atoms with Gasteiger partial charge < -0.3 is 10.2 Å². The molecule has 0 radical (unpaired) electrons. The molecule has 1 aromatic carbocycles. The van der Waals surface area contributed by atoms with Crippen LogP contribution in [0.2, 0.25) is 0 Å². The summed E-state index contributed by atoms with van der Waals surface area (Å²) in [4.78, 5) is 21.0. The van der Waals surface area contributed by atoms with Crippen molar-refractivity contribution in [2.45, 2.75) is 51.4 Å². The molecule has 0 amide bonds. The first-order chi connectivity index (χ1) is 10.0. The molecular formula is C16H21BrO4. The number of aliphatic carboxylic acids is 2. The summed E-state index contributed by atoms with van der Waals surface area (Å²) in [5.74, 6) is -1.51. The highest BCUT2D eigenvalue weighted by Crippen LogP contribution is 2.24. The lowest BCUT2D eigenvalue weighted by atomic mass is 9.97. The van der Waals surface area contributed by atoms with Crippen LogP contribution in [0.5, 0.6) is 0 Å². The highest BCUT2D eigenvalue weighted by molar-refractivity contribution is 9.10. The zero-order chi connectivity index (χ0) is 15.7. The van der Waals surface area contributed by atoms with Crippen molar-refractivity contribution in [3.8, 4) is 0 Å². The zero-order valence-corrected chi connectivity index (χ0v) is 13.6. The van der Waals surface area contributed by atoms with Gasteiger partial charge in [0.2, 0.25) is 0 Å². The topological polar surface area (TPSA) is 74.6 Å². The number of carboxylic acids is 2. The molecule has 0 saturated carbocycles. The van der Waals surface area contributed by atoms with E-state index in [0.29, 0.717) is 12.8 Å². The first-order valence-electron chi connectivity index (χ1n) is 7.20. The molecule has 2 N–H and O–H groups in total. The van der Waals surface area contributed by atoms with E-state index in [9.17, 15) is 9.59 Å². The predicted octanol–water partition coefficient (Wildman–Crippen LogP) is 4.04. The van der Waals surface area contributed by atoms with E-state index in [1.807, 2.05) is 12.1 Å². The monoisotopic (exact) mass is 356 g/mol. The molecule has 116 valence electrons. The van der Waals surface area contributed by atoms with E-state index in [0.717, 1.165) is 30.2 Å². The fourth-order valence-corrected chi connectivity index (χ4v) is 2.89. The molecule has 0 aliphatic heterocycles. The normalized spacial score (nSPS) is 10.5. The second-order valence-electron chi connectivity index (χ2n) is 5.08. The maximum atomic E-state index is 10.5. The third-order valence-electron chi connectivity index (χ3n) is 3.37. The minimum Gasteiger partial charge on any atom is -0.481 e. The Balaban J connectivity index is 2.52. The molecule has 0 aromatic heterocycles. The molecule has 0 atom stereocenters. The van der Waals surface area contributed by atoms with Crippen LogP contribution in [0.4, 0.5) is 0 Å². The average Bonchev–Trinajstić information content (AvgIpc) is 2.41. The van der Waals surface area contributed by atoms with E-state index in [2.05, 4.69) is 22.0 Å². The van der Waals surface area contributed by atoms with Gasteiger partial charge in [-0.1, -0.05) is 28.1 Å². The van der Waals surface area contributed by atoms with Crippen molar-refractivity contribution < 1.29 is 19.8 Å². The molecule has 0 unspecified atom stereocenters. The Kier molecular flexibility index (Phi) is 8.05. The predicted molar refractivity (Wildman–Crippen MR) is 84.5 cm³/mol.